The molecule has 1 aromatic heterocycles. The van der Waals surface area contributed by atoms with Gasteiger partial charge in [-0.05, 0) is 53.8 Å². The van der Waals surface area contributed by atoms with Crippen LogP contribution in [0.25, 0.3) is 17.0 Å². The molecular formula is C31H34FN3O4S. The van der Waals surface area contributed by atoms with E-state index < -0.39 is 10.0 Å². The summed E-state index contributed by atoms with van der Waals surface area (Å²) < 4.78 is 46.5. The molecule has 9 heteroatoms. The number of rotatable bonds is 14. The van der Waals surface area contributed by atoms with Crippen molar-refractivity contribution in [3.63, 3.8) is 0 Å². The number of halogens is 1. The van der Waals surface area contributed by atoms with Crippen LogP contribution < -0.4 is 0 Å². The van der Waals surface area contributed by atoms with Crippen LogP contribution in [0.3, 0.4) is 0 Å². The number of sulfonamides is 1. The number of H-pyrrole nitrogens is 1. The number of nitrogens with zero attached hydrogens (tertiary/aromatic N) is 2. The van der Waals surface area contributed by atoms with Gasteiger partial charge in [-0.25, -0.2) is 12.8 Å². The van der Waals surface area contributed by atoms with E-state index in [0.717, 1.165) is 33.0 Å². The van der Waals surface area contributed by atoms with Crippen molar-refractivity contribution in [2.75, 3.05) is 33.4 Å². The molecule has 4 rings (SSSR count). The number of aromatic amines is 1. The van der Waals surface area contributed by atoms with Crippen molar-refractivity contribution < 1.29 is 22.3 Å². The van der Waals surface area contributed by atoms with Crippen molar-refractivity contribution >= 4 is 32.9 Å². The average molecular weight is 564 g/mol. The van der Waals surface area contributed by atoms with Crippen molar-refractivity contribution in [3.05, 3.63) is 113 Å². The quantitative estimate of drug-likeness (QED) is 0.213. The van der Waals surface area contributed by atoms with E-state index >= 15 is 0 Å². The normalized spacial score (nSPS) is 12.0. The molecule has 0 saturated carbocycles. The molecule has 0 aliphatic heterocycles. The van der Waals surface area contributed by atoms with Gasteiger partial charge < -0.3 is 14.6 Å². The summed E-state index contributed by atoms with van der Waals surface area (Å²) in [5.41, 5.74) is 3.56. The Bertz CT molecular complexity index is 1520. The number of benzene rings is 3. The van der Waals surface area contributed by atoms with Crippen molar-refractivity contribution in [2.24, 2.45) is 0 Å². The number of methoxy groups -OCH3 is 1. The number of ether oxygens (including phenoxy) is 1. The van der Waals surface area contributed by atoms with E-state index in [1.54, 1.807) is 24.1 Å². The molecule has 0 radical (unpaired) electrons. The van der Waals surface area contributed by atoms with Gasteiger partial charge in [-0.15, -0.1) is 0 Å². The van der Waals surface area contributed by atoms with Crippen LogP contribution in [0, 0.1) is 5.82 Å². The number of hydrogen-bond acceptors (Lipinski definition) is 4. The summed E-state index contributed by atoms with van der Waals surface area (Å²) in [6, 6.07) is 23.0. The number of fused-ring (bicyclic) bond motifs is 1. The monoisotopic (exact) mass is 563 g/mol. The van der Waals surface area contributed by atoms with E-state index in [0.29, 0.717) is 26.0 Å². The Balaban J connectivity index is 1.55. The molecular weight excluding hydrogens is 529 g/mol. The molecule has 1 amide bonds. The summed E-state index contributed by atoms with van der Waals surface area (Å²) >= 11 is 0. The molecule has 0 fully saturated rings. The average Bonchev–Trinajstić information content (AvgIpc) is 3.38. The van der Waals surface area contributed by atoms with E-state index in [4.69, 9.17) is 4.74 Å². The second kappa shape index (κ2) is 14.0. The number of para-hydroxylation sites is 1. The number of carbonyl (C=O) groups excluding carboxylic acids is 1. The maximum atomic E-state index is 13.7. The van der Waals surface area contributed by atoms with Crippen molar-refractivity contribution in [3.8, 4) is 0 Å². The zero-order valence-corrected chi connectivity index (χ0v) is 23.3. The minimum atomic E-state index is -3.90. The highest BCUT2D eigenvalue weighted by atomic mass is 32.2. The number of aromatic nitrogens is 1. The van der Waals surface area contributed by atoms with E-state index in [-0.39, 0.29) is 31.4 Å². The fraction of sp³-hybridized carbons (Fsp3) is 0.258. The molecule has 0 aliphatic carbocycles. The number of hydrogen-bond donors (Lipinski definition) is 1. The van der Waals surface area contributed by atoms with Gasteiger partial charge in [0.15, 0.2) is 0 Å². The summed E-state index contributed by atoms with van der Waals surface area (Å²) in [7, 11) is -2.35. The maximum Gasteiger partial charge on any atom is 0.238 e. The molecule has 0 saturated heterocycles. The first-order chi connectivity index (χ1) is 19.4. The summed E-state index contributed by atoms with van der Waals surface area (Å²) in [6.07, 6.45) is 4.47. The van der Waals surface area contributed by atoms with Crippen LogP contribution in [0.2, 0.25) is 0 Å². The van der Waals surface area contributed by atoms with Crippen molar-refractivity contribution in [2.45, 2.75) is 19.4 Å². The minimum absolute atomic E-state index is 0.133. The molecule has 3 aromatic carbocycles. The summed E-state index contributed by atoms with van der Waals surface area (Å²) in [5.74, 6) is -0.695. The van der Waals surface area contributed by atoms with Gasteiger partial charge in [0, 0.05) is 55.9 Å². The lowest BCUT2D eigenvalue weighted by atomic mass is 10.1. The molecule has 1 N–H and O–H groups in total. The van der Waals surface area contributed by atoms with Crippen molar-refractivity contribution in [1.29, 1.82) is 0 Å². The second-order valence-corrected chi connectivity index (χ2v) is 11.3. The molecule has 0 aliphatic rings. The van der Waals surface area contributed by atoms with Crippen LogP contribution in [0.4, 0.5) is 4.39 Å². The highest BCUT2D eigenvalue weighted by Gasteiger charge is 2.25. The van der Waals surface area contributed by atoms with Crippen LogP contribution in [-0.2, 0) is 32.5 Å². The van der Waals surface area contributed by atoms with E-state index in [2.05, 4.69) is 4.98 Å². The van der Waals surface area contributed by atoms with Gasteiger partial charge >= 0.3 is 0 Å². The first kappa shape index (κ1) is 29.2. The fourth-order valence-electron chi connectivity index (χ4n) is 4.44. The Morgan fingerprint density at radius 1 is 0.975 bits per heavy atom. The molecule has 0 atom stereocenters. The van der Waals surface area contributed by atoms with Crippen LogP contribution >= 0.6 is 0 Å². The third kappa shape index (κ3) is 8.11. The Labute approximate surface area is 234 Å². The summed E-state index contributed by atoms with van der Waals surface area (Å²) in [5, 5.41) is 2.21. The van der Waals surface area contributed by atoms with Gasteiger partial charge in [0.2, 0.25) is 15.9 Å². The number of nitrogens with one attached hydrogen (secondary N) is 1. The standard InChI is InChI=1S/C31H34FN3O4S/c1-39-20-7-18-35(40(37,38)21-17-25-8-3-2-4-9-25)24-31(36)34(23-26-12-14-28(32)15-13-26)19-16-27-22-33-30-11-6-5-10-29(27)30/h2-6,8-15,17,21-22,33H,7,16,18-20,23-24H2,1H3/b21-17+. The highest BCUT2D eigenvalue weighted by molar-refractivity contribution is 7.92. The van der Waals surface area contributed by atoms with Crippen LogP contribution in [0.5, 0.6) is 0 Å². The van der Waals surface area contributed by atoms with Gasteiger partial charge in [-0.1, -0.05) is 60.7 Å². The lowest BCUT2D eigenvalue weighted by Gasteiger charge is -2.27. The first-order valence-corrected chi connectivity index (χ1v) is 14.7. The zero-order chi connectivity index (χ0) is 28.4. The maximum absolute atomic E-state index is 13.7. The SMILES string of the molecule is COCCCN(CC(=O)N(CCc1c[nH]c2ccccc12)Cc1ccc(F)cc1)S(=O)(=O)/C=C/c1ccccc1. The van der Waals surface area contributed by atoms with Crippen molar-refractivity contribution in [1.82, 2.24) is 14.2 Å². The molecule has 7 nitrogen and oxygen atoms in total. The van der Waals surface area contributed by atoms with Gasteiger partial charge in [0.05, 0.1) is 6.54 Å². The summed E-state index contributed by atoms with van der Waals surface area (Å²) in [6.45, 7) is 0.772. The first-order valence-electron chi connectivity index (χ1n) is 13.1. The van der Waals surface area contributed by atoms with Gasteiger partial charge in [-0.3, -0.25) is 4.79 Å². The molecule has 210 valence electrons. The van der Waals surface area contributed by atoms with Crippen LogP contribution in [0.1, 0.15) is 23.1 Å². The molecule has 40 heavy (non-hydrogen) atoms. The van der Waals surface area contributed by atoms with Gasteiger partial charge in [-0.2, -0.15) is 4.31 Å². The fourth-order valence-corrected chi connectivity index (χ4v) is 5.62. The largest absolute Gasteiger partial charge is 0.385 e. The van der Waals surface area contributed by atoms with Gasteiger partial charge in [0.1, 0.15) is 5.82 Å². The predicted molar refractivity (Wildman–Crippen MR) is 156 cm³/mol. The van der Waals surface area contributed by atoms with E-state index in [9.17, 15) is 17.6 Å². The lowest BCUT2D eigenvalue weighted by molar-refractivity contribution is -0.132. The lowest BCUT2D eigenvalue weighted by Crippen LogP contribution is -2.43. The van der Waals surface area contributed by atoms with E-state index in [1.165, 1.54) is 22.5 Å². The Kier molecular flexibility index (Phi) is 10.2. The van der Waals surface area contributed by atoms with E-state index in [1.807, 2.05) is 60.8 Å². The number of carbonyl (C=O) groups is 1. The van der Waals surface area contributed by atoms with Crippen LogP contribution in [0.15, 0.2) is 90.5 Å². The smallest absolute Gasteiger partial charge is 0.238 e. The Morgan fingerprint density at radius 2 is 1.70 bits per heavy atom. The Morgan fingerprint density at radius 3 is 2.45 bits per heavy atom. The minimum Gasteiger partial charge on any atom is -0.385 e. The van der Waals surface area contributed by atoms with Crippen LogP contribution in [-0.4, -0.2) is 61.9 Å². The zero-order valence-electron chi connectivity index (χ0n) is 22.5. The second-order valence-electron chi connectivity index (χ2n) is 9.49. The molecule has 0 bridgehead atoms. The molecule has 0 spiro atoms. The number of amides is 1. The molecule has 4 aromatic rings. The topological polar surface area (TPSA) is 82.7 Å². The predicted octanol–water partition coefficient (Wildman–Crippen LogP) is 5.22. The highest BCUT2D eigenvalue weighted by Crippen LogP contribution is 2.19. The molecule has 0 unspecified atom stereocenters. The summed E-state index contributed by atoms with van der Waals surface area (Å²) in [4.78, 5) is 18.6. The Hall–Kier alpha value is -3.79. The van der Waals surface area contributed by atoms with Gasteiger partial charge in [0.25, 0.3) is 0 Å². The third-order valence-electron chi connectivity index (χ3n) is 6.62. The molecule has 1 heterocycles. The third-order valence-corrected chi connectivity index (χ3v) is 8.14.